The second-order valence-corrected chi connectivity index (χ2v) is 11.4. The third-order valence-corrected chi connectivity index (χ3v) is 8.95. The highest BCUT2D eigenvalue weighted by Gasteiger charge is 2.20. The van der Waals surface area contributed by atoms with E-state index in [2.05, 4.69) is 128 Å². The van der Waals surface area contributed by atoms with Crippen LogP contribution >= 0.6 is 0 Å². The number of aryl methyl sites for hydroxylation is 1. The number of benzene rings is 7. The lowest BCUT2D eigenvalue weighted by Crippen LogP contribution is -2.08. The van der Waals surface area contributed by atoms with Crippen molar-refractivity contribution in [3.8, 4) is 22.3 Å². The third kappa shape index (κ3) is 3.67. The van der Waals surface area contributed by atoms with Crippen molar-refractivity contribution in [3.05, 3.63) is 132 Å². The van der Waals surface area contributed by atoms with Gasteiger partial charge in [0.1, 0.15) is 0 Å². The van der Waals surface area contributed by atoms with Crippen LogP contribution in [0.4, 0.5) is 0 Å². The molecule has 0 nitrogen and oxygen atoms in total. The molecule has 39 heavy (non-hydrogen) atoms. The van der Waals surface area contributed by atoms with Gasteiger partial charge in [-0.1, -0.05) is 121 Å². The van der Waals surface area contributed by atoms with E-state index in [9.17, 15) is 0 Å². The van der Waals surface area contributed by atoms with E-state index in [0.29, 0.717) is 0 Å². The summed E-state index contributed by atoms with van der Waals surface area (Å²) >= 11 is 0. The Hall–Kier alpha value is -4.42. The summed E-state index contributed by atoms with van der Waals surface area (Å²) in [6.45, 7) is 2.16. The Balaban J connectivity index is 1.38. The second kappa shape index (κ2) is 8.82. The molecule has 0 heterocycles. The normalized spacial score (nSPS) is 13.9. The van der Waals surface area contributed by atoms with Gasteiger partial charge in [0.05, 0.1) is 0 Å². The second-order valence-electron chi connectivity index (χ2n) is 11.4. The van der Waals surface area contributed by atoms with Gasteiger partial charge in [-0.3, -0.25) is 0 Å². The van der Waals surface area contributed by atoms with Crippen LogP contribution in [-0.4, -0.2) is 0 Å². The monoisotopic (exact) mass is 498 g/mol. The summed E-state index contributed by atoms with van der Waals surface area (Å²) in [6, 6.07) is 45.7. The van der Waals surface area contributed by atoms with Gasteiger partial charge in [-0.2, -0.15) is 0 Å². The molecule has 8 rings (SSSR count). The van der Waals surface area contributed by atoms with Crippen LogP contribution in [-0.2, 0) is 0 Å². The zero-order valence-corrected chi connectivity index (χ0v) is 22.2. The first-order valence-corrected chi connectivity index (χ1v) is 14.2. The van der Waals surface area contributed by atoms with Crippen LogP contribution in [0.3, 0.4) is 0 Å². The molecule has 0 spiro atoms. The molecule has 1 aliphatic rings. The lowest BCUT2D eigenvalue weighted by atomic mass is 9.79. The Labute approximate surface area is 229 Å². The minimum absolute atomic E-state index is 0.758. The quantitative estimate of drug-likeness (QED) is 0.213. The molecule has 1 fully saturated rings. The first kappa shape index (κ1) is 22.6. The molecule has 0 bridgehead atoms. The van der Waals surface area contributed by atoms with E-state index < -0.39 is 0 Å². The molecule has 1 aliphatic carbocycles. The van der Waals surface area contributed by atoms with E-state index in [1.54, 1.807) is 0 Å². The van der Waals surface area contributed by atoms with Crippen LogP contribution in [0.2, 0.25) is 0 Å². The first-order valence-electron chi connectivity index (χ1n) is 14.2. The summed E-state index contributed by atoms with van der Waals surface area (Å²) in [6.07, 6.45) is 4.05. The van der Waals surface area contributed by atoms with Crippen molar-refractivity contribution in [2.24, 2.45) is 0 Å². The molecular formula is C39H30. The van der Waals surface area contributed by atoms with E-state index in [1.165, 1.54) is 95.7 Å². The molecule has 7 aromatic carbocycles. The van der Waals surface area contributed by atoms with Gasteiger partial charge in [0.25, 0.3) is 0 Å². The van der Waals surface area contributed by atoms with Crippen molar-refractivity contribution < 1.29 is 0 Å². The van der Waals surface area contributed by atoms with Gasteiger partial charge in [-0.25, -0.2) is 0 Å². The Morgan fingerprint density at radius 2 is 0.923 bits per heavy atom. The van der Waals surface area contributed by atoms with Crippen LogP contribution in [0.5, 0.6) is 0 Å². The smallest absolute Gasteiger partial charge is 0.00262 e. The number of hydrogen-bond donors (Lipinski definition) is 0. The largest absolute Gasteiger partial charge is 0.0616 e. The fraction of sp³-hybridized carbons (Fsp3) is 0.128. The SMILES string of the molecule is Cc1ccc2cc(-c3c4ccccc4c(-c4ccc5cc(C6CCC6)ccc5c4)c4ccccc34)ccc2c1. The van der Waals surface area contributed by atoms with Crippen molar-refractivity contribution >= 4 is 43.1 Å². The van der Waals surface area contributed by atoms with Crippen LogP contribution in [0.15, 0.2) is 121 Å². The third-order valence-electron chi connectivity index (χ3n) is 8.95. The summed E-state index contributed by atoms with van der Waals surface area (Å²) in [7, 11) is 0. The van der Waals surface area contributed by atoms with Crippen LogP contribution in [0.25, 0.3) is 65.3 Å². The van der Waals surface area contributed by atoms with Crippen molar-refractivity contribution in [2.75, 3.05) is 0 Å². The Kier molecular flexibility index (Phi) is 5.10. The van der Waals surface area contributed by atoms with E-state index in [-0.39, 0.29) is 0 Å². The lowest BCUT2D eigenvalue weighted by Gasteiger charge is -2.26. The number of fused-ring (bicyclic) bond motifs is 4. The number of rotatable bonds is 3. The highest BCUT2D eigenvalue weighted by Crippen LogP contribution is 2.45. The predicted octanol–water partition coefficient (Wildman–Crippen LogP) is 11.2. The van der Waals surface area contributed by atoms with Gasteiger partial charge in [-0.05, 0) is 109 Å². The first-order chi connectivity index (χ1) is 19.2. The molecule has 186 valence electrons. The molecular weight excluding hydrogens is 468 g/mol. The average molecular weight is 499 g/mol. The zero-order valence-electron chi connectivity index (χ0n) is 22.2. The molecule has 0 unspecified atom stereocenters. The van der Waals surface area contributed by atoms with Gasteiger partial charge in [0.2, 0.25) is 0 Å². The summed E-state index contributed by atoms with van der Waals surface area (Å²) in [5.74, 6) is 0.758. The van der Waals surface area contributed by atoms with Gasteiger partial charge >= 0.3 is 0 Å². The molecule has 0 amide bonds. The van der Waals surface area contributed by atoms with Crippen LogP contribution in [0.1, 0.15) is 36.3 Å². The Morgan fingerprint density at radius 3 is 1.44 bits per heavy atom. The lowest BCUT2D eigenvalue weighted by molar-refractivity contribution is 0.420. The van der Waals surface area contributed by atoms with Crippen molar-refractivity contribution in [2.45, 2.75) is 32.1 Å². The maximum absolute atomic E-state index is 2.42. The summed E-state index contributed by atoms with van der Waals surface area (Å²) < 4.78 is 0. The average Bonchev–Trinajstić information content (AvgIpc) is 2.94. The molecule has 1 saturated carbocycles. The van der Waals surface area contributed by atoms with Gasteiger partial charge in [0.15, 0.2) is 0 Å². The fourth-order valence-electron chi connectivity index (χ4n) is 6.69. The van der Waals surface area contributed by atoms with Crippen LogP contribution in [0, 0.1) is 6.92 Å². The minimum Gasteiger partial charge on any atom is -0.0616 e. The molecule has 0 aliphatic heterocycles. The number of hydrogen-bond acceptors (Lipinski definition) is 0. The van der Waals surface area contributed by atoms with E-state index in [0.717, 1.165) is 5.92 Å². The maximum Gasteiger partial charge on any atom is -0.00262 e. The molecule has 0 heteroatoms. The predicted molar refractivity (Wildman–Crippen MR) is 169 cm³/mol. The van der Waals surface area contributed by atoms with Gasteiger partial charge in [0, 0.05) is 0 Å². The molecule has 7 aromatic rings. The maximum atomic E-state index is 2.42. The standard InChI is InChI=1S/C39H30/c1-25-13-14-29-23-32(19-17-27(29)21-25)38-34-9-2-4-11-36(34)39(37-12-5-3-10-35(37)38)33-20-18-30-22-28(26-7-6-8-26)15-16-31(30)24-33/h2-5,9-24,26H,6-8H2,1H3. The molecule has 0 saturated heterocycles. The van der Waals surface area contributed by atoms with Crippen molar-refractivity contribution in [1.29, 1.82) is 0 Å². The molecule has 0 aromatic heterocycles. The highest BCUT2D eigenvalue weighted by atomic mass is 14.2. The zero-order chi connectivity index (χ0) is 25.9. The summed E-state index contributed by atoms with van der Waals surface area (Å²) in [5, 5.41) is 10.5. The van der Waals surface area contributed by atoms with Crippen molar-refractivity contribution in [3.63, 3.8) is 0 Å². The van der Waals surface area contributed by atoms with Gasteiger partial charge < -0.3 is 0 Å². The molecule has 0 N–H and O–H groups in total. The topological polar surface area (TPSA) is 0 Å². The summed E-state index contributed by atoms with van der Waals surface area (Å²) in [5.41, 5.74) is 8.00. The van der Waals surface area contributed by atoms with E-state index in [4.69, 9.17) is 0 Å². The van der Waals surface area contributed by atoms with Crippen molar-refractivity contribution in [1.82, 2.24) is 0 Å². The fourth-order valence-corrected chi connectivity index (χ4v) is 6.69. The molecule has 0 radical (unpaired) electrons. The van der Waals surface area contributed by atoms with E-state index >= 15 is 0 Å². The van der Waals surface area contributed by atoms with E-state index in [1.807, 2.05) is 0 Å². The van der Waals surface area contributed by atoms with Gasteiger partial charge in [-0.15, -0.1) is 0 Å². The summed E-state index contributed by atoms with van der Waals surface area (Å²) in [4.78, 5) is 0. The highest BCUT2D eigenvalue weighted by molar-refractivity contribution is 6.22. The Morgan fingerprint density at radius 1 is 0.462 bits per heavy atom. The minimum atomic E-state index is 0.758. The Bertz CT molecular complexity index is 2000. The molecule has 0 atom stereocenters. The van der Waals surface area contributed by atoms with Crippen LogP contribution < -0.4 is 0 Å².